The number of piperazine rings is 1. The number of hydrogen-bond donors (Lipinski definition) is 1. The van der Waals surface area contributed by atoms with Crippen molar-refractivity contribution in [2.75, 3.05) is 44.6 Å². The molecule has 0 saturated carbocycles. The molecule has 1 atom stereocenters. The van der Waals surface area contributed by atoms with Crippen molar-refractivity contribution >= 4 is 11.6 Å². The molecule has 5 nitrogen and oxygen atoms in total. The Morgan fingerprint density at radius 2 is 1.67 bits per heavy atom. The number of nitrogens with zero attached hydrogens (tertiary/aromatic N) is 2. The van der Waals surface area contributed by atoms with Crippen molar-refractivity contribution in [3.05, 3.63) is 60.2 Å². The number of carbonyl (C=O) groups excluding carboxylic acids is 1. The molecule has 1 saturated heterocycles. The number of carbonyl (C=O) groups is 1. The van der Waals surface area contributed by atoms with Gasteiger partial charge in [-0.2, -0.15) is 13.2 Å². The topological polar surface area (TPSA) is 44.8 Å². The summed E-state index contributed by atoms with van der Waals surface area (Å²) in [6.07, 6.45) is -4.39. The molecule has 2 aromatic rings. The smallest absolute Gasteiger partial charge is 0.416 e. The van der Waals surface area contributed by atoms with Crippen LogP contribution < -0.4 is 10.1 Å². The molecule has 0 bridgehead atoms. The van der Waals surface area contributed by atoms with Crippen molar-refractivity contribution in [1.29, 1.82) is 0 Å². The molecule has 1 aliphatic heterocycles. The molecule has 0 radical (unpaired) electrons. The molecule has 162 valence electrons. The molecule has 1 amide bonds. The van der Waals surface area contributed by atoms with Crippen LogP contribution in [0.1, 0.15) is 12.5 Å². The maximum Gasteiger partial charge on any atom is 0.416 e. The number of alkyl halides is 3. The lowest BCUT2D eigenvalue weighted by Crippen LogP contribution is -2.53. The summed E-state index contributed by atoms with van der Waals surface area (Å²) in [6, 6.07) is 13.8. The lowest BCUT2D eigenvalue weighted by molar-refractivity contribution is -0.137. The Morgan fingerprint density at radius 1 is 1.03 bits per heavy atom. The summed E-state index contributed by atoms with van der Waals surface area (Å²) < 4.78 is 43.7. The first-order chi connectivity index (χ1) is 14.3. The van der Waals surface area contributed by atoms with E-state index in [-0.39, 0.29) is 11.9 Å². The van der Waals surface area contributed by atoms with Gasteiger partial charge in [-0.1, -0.05) is 18.2 Å². The van der Waals surface area contributed by atoms with Gasteiger partial charge in [-0.25, -0.2) is 0 Å². The van der Waals surface area contributed by atoms with Crippen LogP contribution in [0.25, 0.3) is 0 Å². The zero-order valence-corrected chi connectivity index (χ0v) is 16.9. The minimum Gasteiger partial charge on any atom is -0.492 e. The summed E-state index contributed by atoms with van der Waals surface area (Å²) in [6.45, 7) is 6.38. The minimum absolute atomic E-state index is 0.226. The van der Waals surface area contributed by atoms with Gasteiger partial charge in [0.1, 0.15) is 12.4 Å². The van der Waals surface area contributed by atoms with E-state index in [4.69, 9.17) is 4.74 Å². The van der Waals surface area contributed by atoms with Gasteiger partial charge in [-0.05, 0) is 43.3 Å². The van der Waals surface area contributed by atoms with E-state index in [0.29, 0.717) is 12.3 Å². The Hall–Kier alpha value is -2.58. The number of hydrogen-bond acceptors (Lipinski definition) is 4. The van der Waals surface area contributed by atoms with E-state index in [1.807, 2.05) is 37.3 Å². The second-order valence-electron chi connectivity index (χ2n) is 7.28. The van der Waals surface area contributed by atoms with Gasteiger partial charge in [0.05, 0.1) is 11.6 Å². The molecule has 1 fully saturated rings. The van der Waals surface area contributed by atoms with Gasteiger partial charge in [-0.3, -0.25) is 14.6 Å². The van der Waals surface area contributed by atoms with Crippen LogP contribution in [0.4, 0.5) is 18.9 Å². The number of ether oxygens (including phenoxy) is 1. The fourth-order valence-electron chi connectivity index (χ4n) is 3.34. The maximum atomic E-state index is 12.6. The van der Waals surface area contributed by atoms with Crippen LogP contribution in [0.2, 0.25) is 0 Å². The maximum absolute atomic E-state index is 12.6. The van der Waals surface area contributed by atoms with Gasteiger partial charge in [0.15, 0.2) is 0 Å². The van der Waals surface area contributed by atoms with Crippen LogP contribution in [0.5, 0.6) is 5.75 Å². The third-order valence-electron chi connectivity index (χ3n) is 5.23. The second-order valence-corrected chi connectivity index (χ2v) is 7.28. The molecular formula is C22H26F3N3O2. The summed E-state index contributed by atoms with van der Waals surface area (Å²) in [5.41, 5.74) is -0.377. The predicted octanol–water partition coefficient (Wildman–Crippen LogP) is 3.73. The molecule has 1 aliphatic rings. The van der Waals surface area contributed by atoms with E-state index in [2.05, 4.69) is 15.1 Å². The van der Waals surface area contributed by atoms with Crippen LogP contribution in [0.15, 0.2) is 54.6 Å². The van der Waals surface area contributed by atoms with Crippen LogP contribution >= 0.6 is 0 Å². The number of anilines is 1. The molecule has 1 heterocycles. The largest absolute Gasteiger partial charge is 0.492 e. The number of para-hydroxylation sites is 1. The fourth-order valence-corrected chi connectivity index (χ4v) is 3.34. The molecule has 1 N–H and O–H groups in total. The van der Waals surface area contributed by atoms with Crippen molar-refractivity contribution in [2.45, 2.75) is 19.1 Å². The fraction of sp³-hybridized carbons (Fsp3) is 0.409. The van der Waals surface area contributed by atoms with E-state index in [1.165, 1.54) is 12.1 Å². The Bertz CT molecular complexity index is 805. The zero-order chi connectivity index (χ0) is 21.6. The summed E-state index contributed by atoms with van der Waals surface area (Å²) in [7, 11) is 0. The van der Waals surface area contributed by atoms with E-state index >= 15 is 0 Å². The van der Waals surface area contributed by atoms with E-state index in [0.717, 1.165) is 50.6 Å². The third kappa shape index (κ3) is 6.21. The van der Waals surface area contributed by atoms with Crippen LogP contribution in [0.3, 0.4) is 0 Å². The summed E-state index contributed by atoms with van der Waals surface area (Å²) in [4.78, 5) is 16.9. The Balaban J connectivity index is 1.40. The molecule has 30 heavy (non-hydrogen) atoms. The van der Waals surface area contributed by atoms with E-state index in [9.17, 15) is 18.0 Å². The average Bonchev–Trinajstić information content (AvgIpc) is 2.74. The van der Waals surface area contributed by atoms with Crippen molar-refractivity contribution in [3.8, 4) is 5.75 Å². The Kier molecular flexibility index (Phi) is 7.33. The molecule has 0 aromatic heterocycles. The van der Waals surface area contributed by atoms with Crippen molar-refractivity contribution < 1.29 is 22.7 Å². The quantitative estimate of drug-likeness (QED) is 0.740. The zero-order valence-electron chi connectivity index (χ0n) is 16.9. The molecule has 8 heteroatoms. The molecule has 0 aliphatic carbocycles. The second kappa shape index (κ2) is 9.95. The van der Waals surface area contributed by atoms with Gasteiger partial charge in [0.25, 0.3) is 0 Å². The van der Waals surface area contributed by atoms with Crippen molar-refractivity contribution in [2.24, 2.45) is 0 Å². The highest BCUT2D eigenvalue weighted by Crippen LogP contribution is 2.29. The van der Waals surface area contributed by atoms with Crippen LogP contribution in [0, 0.1) is 0 Å². The first kappa shape index (κ1) is 22.1. The summed E-state index contributed by atoms with van der Waals surface area (Å²) in [5.74, 6) is 0.625. The Labute approximate surface area is 174 Å². The highest BCUT2D eigenvalue weighted by Gasteiger charge is 2.30. The molecule has 2 aromatic carbocycles. The van der Waals surface area contributed by atoms with Gasteiger partial charge in [0, 0.05) is 38.4 Å². The summed E-state index contributed by atoms with van der Waals surface area (Å²) in [5, 5.41) is 2.70. The summed E-state index contributed by atoms with van der Waals surface area (Å²) >= 11 is 0. The SMILES string of the molecule is C[C@H](C(=O)Nc1ccc(C(F)(F)F)cc1)N1CCN(CCOc2ccccc2)CC1. The molecule has 3 rings (SSSR count). The van der Waals surface area contributed by atoms with Gasteiger partial charge < -0.3 is 10.1 Å². The van der Waals surface area contributed by atoms with Crippen LogP contribution in [-0.2, 0) is 11.0 Å². The van der Waals surface area contributed by atoms with Crippen LogP contribution in [-0.4, -0.2) is 61.1 Å². The molecule has 0 unspecified atom stereocenters. The number of nitrogens with one attached hydrogen (secondary N) is 1. The van der Waals surface area contributed by atoms with Crippen molar-refractivity contribution in [3.63, 3.8) is 0 Å². The normalized spacial score (nSPS) is 16.8. The monoisotopic (exact) mass is 421 g/mol. The van der Waals surface area contributed by atoms with E-state index < -0.39 is 11.7 Å². The highest BCUT2D eigenvalue weighted by molar-refractivity contribution is 5.94. The first-order valence-electron chi connectivity index (χ1n) is 9.95. The van der Waals surface area contributed by atoms with Gasteiger partial charge >= 0.3 is 6.18 Å². The van der Waals surface area contributed by atoms with E-state index in [1.54, 1.807) is 0 Å². The lowest BCUT2D eigenvalue weighted by atomic mass is 10.2. The number of amides is 1. The number of benzene rings is 2. The average molecular weight is 421 g/mol. The number of halogens is 3. The standard InChI is InChI=1S/C22H26F3N3O2/c1-17(21(29)26-19-9-7-18(8-10-19)22(23,24)25)28-13-11-27(12-14-28)15-16-30-20-5-3-2-4-6-20/h2-10,17H,11-16H2,1H3,(H,26,29)/t17-/m1/s1. The van der Waals surface area contributed by atoms with Crippen molar-refractivity contribution in [1.82, 2.24) is 9.80 Å². The molecule has 0 spiro atoms. The Morgan fingerprint density at radius 3 is 2.27 bits per heavy atom. The van der Waals surface area contributed by atoms with Gasteiger partial charge in [0.2, 0.25) is 5.91 Å². The highest BCUT2D eigenvalue weighted by atomic mass is 19.4. The predicted molar refractivity (Wildman–Crippen MR) is 109 cm³/mol. The third-order valence-corrected chi connectivity index (χ3v) is 5.23. The first-order valence-corrected chi connectivity index (χ1v) is 9.95. The molecular weight excluding hydrogens is 395 g/mol. The number of rotatable bonds is 7. The lowest BCUT2D eigenvalue weighted by Gasteiger charge is -2.37. The minimum atomic E-state index is -4.39. The van der Waals surface area contributed by atoms with Gasteiger partial charge in [-0.15, -0.1) is 0 Å².